The third-order valence-corrected chi connectivity index (χ3v) is 8.55. The molecule has 0 aliphatic heterocycles. The minimum Gasteiger partial charge on any atom is -0.353 e. The van der Waals surface area contributed by atoms with Gasteiger partial charge < -0.3 is 5.32 Å². The normalized spacial score (nSPS) is 35.4. The van der Waals surface area contributed by atoms with E-state index in [1.54, 1.807) is 6.07 Å². The van der Waals surface area contributed by atoms with E-state index in [1.165, 1.54) is 31.7 Å². The van der Waals surface area contributed by atoms with Crippen molar-refractivity contribution in [3.8, 4) is 0 Å². The third-order valence-electron chi connectivity index (χ3n) is 6.03. The zero-order valence-corrected chi connectivity index (χ0v) is 14.5. The van der Waals surface area contributed by atoms with Crippen LogP contribution < -0.4 is 10.5 Å². The number of carbonyl (C=O) groups excluding carboxylic acids is 1. The SMILES string of the molecule is NS(=O)(=O)c1ccc(CC(=O)N[C@@H]2C[C@H]3C[C@H]2[C@@H]2CCC[C@H]32)s1. The van der Waals surface area contributed by atoms with Crippen LogP contribution in [-0.2, 0) is 21.2 Å². The Bertz CT molecular complexity index is 727. The number of thiophene rings is 1. The summed E-state index contributed by atoms with van der Waals surface area (Å²) >= 11 is 1.08. The molecule has 3 fully saturated rings. The van der Waals surface area contributed by atoms with Crippen LogP contribution in [0.5, 0.6) is 0 Å². The number of carbonyl (C=O) groups is 1. The predicted molar refractivity (Wildman–Crippen MR) is 88.4 cm³/mol. The van der Waals surface area contributed by atoms with Gasteiger partial charge in [-0.05, 0) is 61.5 Å². The van der Waals surface area contributed by atoms with Gasteiger partial charge in [-0.2, -0.15) is 0 Å². The number of primary sulfonamides is 1. The van der Waals surface area contributed by atoms with Gasteiger partial charge >= 0.3 is 0 Å². The topological polar surface area (TPSA) is 89.3 Å². The monoisotopic (exact) mass is 354 g/mol. The molecule has 23 heavy (non-hydrogen) atoms. The van der Waals surface area contributed by atoms with Gasteiger partial charge in [0.1, 0.15) is 4.21 Å². The lowest BCUT2D eigenvalue weighted by Crippen LogP contribution is -2.43. The van der Waals surface area contributed by atoms with Crippen molar-refractivity contribution >= 4 is 27.3 Å². The average molecular weight is 354 g/mol. The molecule has 3 N–H and O–H groups in total. The predicted octanol–water partition coefficient (Wildman–Crippen LogP) is 1.88. The van der Waals surface area contributed by atoms with Crippen molar-refractivity contribution in [3.05, 3.63) is 17.0 Å². The van der Waals surface area contributed by atoms with Crippen LogP contribution in [0.2, 0.25) is 0 Å². The lowest BCUT2D eigenvalue weighted by Gasteiger charge is -2.32. The van der Waals surface area contributed by atoms with Crippen molar-refractivity contribution in [2.45, 2.75) is 48.8 Å². The summed E-state index contributed by atoms with van der Waals surface area (Å²) in [6, 6.07) is 3.48. The van der Waals surface area contributed by atoms with E-state index in [9.17, 15) is 13.2 Å². The molecule has 0 radical (unpaired) electrons. The molecule has 0 aromatic carbocycles. The Kier molecular flexibility index (Phi) is 3.77. The first-order valence-electron chi connectivity index (χ1n) is 8.32. The minimum atomic E-state index is -3.67. The fourth-order valence-electron chi connectivity index (χ4n) is 5.26. The van der Waals surface area contributed by atoms with Crippen LogP contribution in [0, 0.1) is 23.7 Å². The molecule has 1 amide bonds. The van der Waals surface area contributed by atoms with E-state index in [0.717, 1.165) is 40.4 Å². The number of amides is 1. The highest BCUT2D eigenvalue weighted by Gasteiger charge is 2.53. The summed E-state index contributed by atoms with van der Waals surface area (Å²) < 4.78 is 22.7. The summed E-state index contributed by atoms with van der Waals surface area (Å²) in [5.41, 5.74) is 0. The van der Waals surface area contributed by atoms with Crippen molar-refractivity contribution in [1.82, 2.24) is 5.32 Å². The minimum absolute atomic E-state index is 0.0000775. The summed E-state index contributed by atoms with van der Waals surface area (Å²) in [5, 5.41) is 8.31. The fourth-order valence-corrected chi connectivity index (χ4v) is 7.03. The Morgan fingerprint density at radius 1 is 1.22 bits per heavy atom. The molecule has 5 atom stereocenters. The molecular formula is C16H22N2O3S2. The van der Waals surface area contributed by atoms with Crippen molar-refractivity contribution in [1.29, 1.82) is 0 Å². The van der Waals surface area contributed by atoms with Crippen LogP contribution in [0.25, 0.3) is 0 Å². The average Bonchev–Trinajstić information content (AvgIpc) is 3.18. The van der Waals surface area contributed by atoms with E-state index < -0.39 is 10.0 Å². The van der Waals surface area contributed by atoms with Crippen molar-refractivity contribution in [2.24, 2.45) is 28.8 Å². The van der Waals surface area contributed by atoms with E-state index in [1.807, 2.05) is 0 Å². The van der Waals surface area contributed by atoms with E-state index in [4.69, 9.17) is 5.14 Å². The summed E-state index contributed by atoms with van der Waals surface area (Å²) in [5.74, 6) is 3.23. The van der Waals surface area contributed by atoms with E-state index in [2.05, 4.69) is 5.32 Å². The lowest BCUT2D eigenvalue weighted by atomic mass is 9.79. The largest absolute Gasteiger partial charge is 0.353 e. The second kappa shape index (κ2) is 5.57. The number of sulfonamides is 1. The number of hydrogen-bond acceptors (Lipinski definition) is 4. The van der Waals surface area contributed by atoms with Gasteiger partial charge in [0, 0.05) is 10.9 Å². The molecule has 1 aromatic rings. The molecule has 3 saturated carbocycles. The fraction of sp³-hybridized carbons (Fsp3) is 0.688. The molecule has 1 aromatic heterocycles. The third kappa shape index (κ3) is 2.83. The van der Waals surface area contributed by atoms with Crippen LogP contribution in [-0.4, -0.2) is 20.4 Å². The summed E-state index contributed by atoms with van der Waals surface area (Å²) in [7, 11) is -3.67. The van der Waals surface area contributed by atoms with Gasteiger partial charge in [-0.3, -0.25) is 4.79 Å². The van der Waals surface area contributed by atoms with E-state index in [0.29, 0.717) is 12.0 Å². The van der Waals surface area contributed by atoms with Crippen LogP contribution in [0.15, 0.2) is 16.3 Å². The maximum absolute atomic E-state index is 12.3. The Balaban J connectivity index is 1.37. The summed E-state index contributed by atoms with van der Waals surface area (Å²) in [4.78, 5) is 13.1. The summed E-state index contributed by atoms with van der Waals surface area (Å²) in [6.07, 6.45) is 6.73. The number of hydrogen-bond donors (Lipinski definition) is 2. The molecule has 7 heteroatoms. The molecule has 126 valence electrons. The van der Waals surface area contributed by atoms with Gasteiger partial charge in [0.2, 0.25) is 15.9 Å². The van der Waals surface area contributed by atoms with Crippen molar-refractivity contribution < 1.29 is 13.2 Å². The van der Waals surface area contributed by atoms with Gasteiger partial charge in [0.05, 0.1) is 6.42 Å². The summed E-state index contributed by atoms with van der Waals surface area (Å²) in [6.45, 7) is 0. The molecule has 4 rings (SSSR count). The molecule has 3 aliphatic rings. The molecular weight excluding hydrogens is 332 g/mol. The zero-order chi connectivity index (χ0) is 16.2. The van der Waals surface area contributed by atoms with Gasteiger partial charge in [0.15, 0.2) is 0 Å². The van der Waals surface area contributed by atoms with Crippen LogP contribution >= 0.6 is 11.3 Å². The number of fused-ring (bicyclic) bond motifs is 5. The maximum Gasteiger partial charge on any atom is 0.247 e. The molecule has 0 unspecified atom stereocenters. The lowest BCUT2D eigenvalue weighted by molar-refractivity contribution is -0.121. The molecule has 2 bridgehead atoms. The second-order valence-electron chi connectivity index (χ2n) is 7.27. The quantitative estimate of drug-likeness (QED) is 0.865. The van der Waals surface area contributed by atoms with Crippen molar-refractivity contribution in [3.63, 3.8) is 0 Å². The molecule has 0 spiro atoms. The van der Waals surface area contributed by atoms with Gasteiger partial charge in [-0.15, -0.1) is 11.3 Å². The Labute approximate surface area is 140 Å². The highest BCUT2D eigenvalue weighted by Crippen LogP contribution is 2.58. The standard InChI is InChI=1S/C16H22N2O3S2/c17-23(20,21)16-5-4-10(22-16)8-15(19)18-14-7-9-6-13(14)12-3-1-2-11(9)12/h4-5,9,11-14H,1-3,6-8H2,(H,18,19)(H2,17,20,21)/t9-,11-,12-,13+,14-/m1/s1. The van der Waals surface area contributed by atoms with Crippen LogP contribution in [0.4, 0.5) is 0 Å². The highest BCUT2D eigenvalue weighted by atomic mass is 32.2. The first-order chi connectivity index (χ1) is 10.9. The second-order valence-corrected chi connectivity index (χ2v) is 10.2. The van der Waals surface area contributed by atoms with E-state index >= 15 is 0 Å². The van der Waals surface area contributed by atoms with Gasteiger partial charge in [-0.25, -0.2) is 13.6 Å². The Morgan fingerprint density at radius 3 is 2.74 bits per heavy atom. The number of nitrogens with two attached hydrogens (primary N) is 1. The van der Waals surface area contributed by atoms with Crippen LogP contribution in [0.3, 0.4) is 0 Å². The Hall–Kier alpha value is -0.920. The van der Waals surface area contributed by atoms with Gasteiger partial charge in [-0.1, -0.05) is 6.42 Å². The van der Waals surface area contributed by atoms with Crippen molar-refractivity contribution in [2.75, 3.05) is 0 Å². The maximum atomic E-state index is 12.3. The molecule has 0 saturated heterocycles. The van der Waals surface area contributed by atoms with Gasteiger partial charge in [0.25, 0.3) is 0 Å². The smallest absolute Gasteiger partial charge is 0.247 e. The zero-order valence-electron chi connectivity index (χ0n) is 12.9. The first-order valence-corrected chi connectivity index (χ1v) is 10.7. The first kappa shape index (κ1) is 15.6. The highest BCUT2D eigenvalue weighted by molar-refractivity contribution is 7.91. The Morgan fingerprint density at radius 2 is 2.00 bits per heavy atom. The van der Waals surface area contributed by atoms with E-state index in [-0.39, 0.29) is 16.5 Å². The van der Waals surface area contributed by atoms with Crippen LogP contribution in [0.1, 0.15) is 37.0 Å². The number of rotatable bonds is 4. The molecule has 5 nitrogen and oxygen atoms in total. The molecule has 1 heterocycles. The number of nitrogens with one attached hydrogen (secondary N) is 1. The molecule has 3 aliphatic carbocycles.